The summed E-state index contributed by atoms with van der Waals surface area (Å²) in [5.74, 6) is -2.19. The van der Waals surface area contributed by atoms with E-state index in [4.69, 9.17) is 5.11 Å². The zero-order valence-electron chi connectivity index (χ0n) is 12.8. The lowest BCUT2D eigenvalue weighted by Gasteiger charge is -2.12. The largest absolute Gasteiger partial charge is 0.481 e. The normalized spacial score (nSPS) is 20.1. The van der Waals surface area contributed by atoms with Crippen molar-refractivity contribution in [2.75, 3.05) is 11.9 Å². The summed E-state index contributed by atoms with van der Waals surface area (Å²) in [6.45, 7) is 1.76. The molecular weight excluding hydrogens is 364 g/mol. The van der Waals surface area contributed by atoms with Crippen molar-refractivity contribution in [1.82, 2.24) is 5.32 Å². The molecule has 7 heteroatoms. The van der Waals surface area contributed by atoms with Crippen molar-refractivity contribution in [1.29, 1.82) is 0 Å². The molecule has 0 radical (unpaired) electrons. The number of carbonyl (C=O) groups excluding carboxylic acids is 2. The van der Waals surface area contributed by atoms with Crippen molar-refractivity contribution >= 4 is 39.4 Å². The Balaban J connectivity index is 1.80. The monoisotopic (exact) mass is 382 g/mol. The van der Waals surface area contributed by atoms with Crippen LogP contribution in [0.5, 0.6) is 0 Å². The first-order chi connectivity index (χ1) is 10.9. The van der Waals surface area contributed by atoms with Crippen LogP contribution in [0.15, 0.2) is 22.7 Å². The lowest BCUT2D eigenvalue weighted by Crippen LogP contribution is -2.36. The summed E-state index contributed by atoms with van der Waals surface area (Å²) in [7, 11) is 0. The molecule has 1 aromatic rings. The van der Waals surface area contributed by atoms with Crippen LogP contribution in [-0.2, 0) is 14.4 Å². The Bertz CT molecular complexity index is 633. The van der Waals surface area contributed by atoms with Crippen LogP contribution in [0.3, 0.4) is 0 Å². The highest BCUT2D eigenvalue weighted by Gasteiger charge is 2.33. The number of carboxylic acid groups (broad SMARTS) is 1. The quantitative estimate of drug-likeness (QED) is 0.727. The molecule has 0 spiro atoms. The Kier molecular flexibility index (Phi) is 5.76. The molecule has 3 N–H and O–H groups in total. The number of carbonyl (C=O) groups is 3. The van der Waals surface area contributed by atoms with Crippen molar-refractivity contribution in [2.24, 2.45) is 11.8 Å². The van der Waals surface area contributed by atoms with Crippen LogP contribution in [0.1, 0.15) is 24.8 Å². The smallest absolute Gasteiger partial charge is 0.306 e. The van der Waals surface area contributed by atoms with Gasteiger partial charge in [0.25, 0.3) is 0 Å². The molecule has 2 rings (SSSR count). The third kappa shape index (κ3) is 4.79. The summed E-state index contributed by atoms with van der Waals surface area (Å²) in [4.78, 5) is 34.8. The number of aryl methyl sites for hydroxylation is 1. The number of anilines is 1. The summed E-state index contributed by atoms with van der Waals surface area (Å²) in [5.41, 5.74) is 1.61. The number of amides is 2. The van der Waals surface area contributed by atoms with Gasteiger partial charge < -0.3 is 15.7 Å². The molecule has 124 valence electrons. The van der Waals surface area contributed by atoms with E-state index < -0.39 is 11.9 Å². The van der Waals surface area contributed by atoms with Gasteiger partial charge in [-0.25, -0.2) is 0 Å². The minimum absolute atomic E-state index is 0.122. The molecule has 0 aliphatic heterocycles. The molecule has 0 unspecified atom stereocenters. The van der Waals surface area contributed by atoms with E-state index in [9.17, 15) is 14.4 Å². The highest BCUT2D eigenvalue weighted by atomic mass is 79.9. The maximum Gasteiger partial charge on any atom is 0.306 e. The Morgan fingerprint density at radius 3 is 2.57 bits per heavy atom. The third-order valence-electron chi connectivity index (χ3n) is 4.04. The van der Waals surface area contributed by atoms with Crippen molar-refractivity contribution in [3.63, 3.8) is 0 Å². The predicted molar refractivity (Wildman–Crippen MR) is 89.0 cm³/mol. The molecule has 0 aromatic heterocycles. The Hall–Kier alpha value is -1.89. The number of hydrogen-bond acceptors (Lipinski definition) is 3. The van der Waals surface area contributed by atoms with Gasteiger partial charge in [0.2, 0.25) is 11.8 Å². The maximum atomic E-state index is 12.0. The number of aliphatic carboxylic acids is 1. The standard InChI is InChI=1S/C16H19BrN2O4/c1-9-6-12(17)4-5-13(9)19-14(20)8-18-15(21)10-2-3-11(7-10)16(22)23/h4-6,10-11H,2-3,7-8H2,1H3,(H,18,21)(H,19,20)(H,22,23)/t10-,11+/m1/s1. The van der Waals surface area contributed by atoms with Gasteiger partial charge in [0.05, 0.1) is 12.5 Å². The molecule has 0 heterocycles. The van der Waals surface area contributed by atoms with Gasteiger partial charge in [-0.05, 0) is 49.9 Å². The van der Waals surface area contributed by atoms with Gasteiger partial charge in [0, 0.05) is 16.1 Å². The predicted octanol–water partition coefficient (Wildman–Crippen LogP) is 2.31. The molecule has 1 saturated carbocycles. The van der Waals surface area contributed by atoms with Crippen LogP contribution in [0, 0.1) is 18.8 Å². The molecule has 1 aromatic carbocycles. The molecule has 1 fully saturated rings. The first-order valence-electron chi connectivity index (χ1n) is 7.43. The lowest BCUT2D eigenvalue weighted by molar-refractivity contribution is -0.141. The van der Waals surface area contributed by atoms with E-state index in [-0.39, 0.29) is 24.3 Å². The van der Waals surface area contributed by atoms with Gasteiger partial charge in [-0.15, -0.1) is 0 Å². The average molecular weight is 383 g/mol. The second kappa shape index (κ2) is 7.59. The van der Waals surface area contributed by atoms with E-state index in [0.717, 1.165) is 10.0 Å². The van der Waals surface area contributed by atoms with Crippen LogP contribution >= 0.6 is 15.9 Å². The summed E-state index contributed by atoms with van der Waals surface area (Å²) in [5, 5.41) is 14.3. The molecule has 0 saturated heterocycles. The first-order valence-corrected chi connectivity index (χ1v) is 8.22. The molecular formula is C16H19BrN2O4. The number of hydrogen-bond donors (Lipinski definition) is 3. The highest BCUT2D eigenvalue weighted by molar-refractivity contribution is 9.10. The summed E-state index contributed by atoms with van der Waals surface area (Å²) >= 11 is 3.35. The van der Waals surface area contributed by atoms with Gasteiger partial charge in [0.15, 0.2) is 0 Å². The van der Waals surface area contributed by atoms with Crippen molar-refractivity contribution in [3.05, 3.63) is 28.2 Å². The van der Waals surface area contributed by atoms with Crippen molar-refractivity contribution < 1.29 is 19.5 Å². The fraction of sp³-hybridized carbons (Fsp3) is 0.438. The first kappa shape index (κ1) is 17.5. The van der Waals surface area contributed by atoms with Crippen molar-refractivity contribution in [3.8, 4) is 0 Å². The summed E-state index contributed by atoms with van der Waals surface area (Å²) in [6.07, 6.45) is 1.41. The van der Waals surface area contributed by atoms with E-state index in [1.165, 1.54) is 0 Å². The Morgan fingerprint density at radius 1 is 1.26 bits per heavy atom. The fourth-order valence-corrected chi connectivity index (χ4v) is 3.19. The van der Waals surface area contributed by atoms with E-state index in [1.54, 1.807) is 6.07 Å². The molecule has 0 bridgehead atoms. The zero-order chi connectivity index (χ0) is 17.0. The third-order valence-corrected chi connectivity index (χ3v) is 4.53. The topological polar surface area (TPSA) is 95.5 Å². The fourth-order valence-electron chi connectivity index (χ4n) is 2.72. The van der Waals surface area contributed by atoms with Crippen molar-refractivity contribution in [2.45, 2.75) is 26.2 Å². The number of nitrogens with one attached hydrogen (secondary N) is 2. The Morgan fingerprint density at radius 2 is 1.96 bits per heavy atom. The second-order valence-electron chi connectivity index (χ2n) is 5.77. The van der Waals surface area contributed by atoms with Crippen LogP contribution in [0.25, 0.3) is 0 Å². The SMILES string of the molecule is Cc1cc(Br)ccc1NC(=O)CNC(=O)[C@@H]1CC[C@H](C(=O)O)C1. The highest BCUT2D eigenvalue weighted by Crippen LogP contribution is 2.31. The van der Waals surface area contributed by atoms with Crippen LogP contribution in [0.4, 0.5) is 5.69 Å². The molecule has 2 atom stereocenters. The van der Waals surface area contributed by atoms with E-state index >= 15 is 0 Å². The number of rotatable bonds is 5. The minimum Gasteiger partial charge on any atom is -0.481 e. The number of carboxylic acids is 1. The van der Waals surface area contributed by atoms with Gasteiger partial charge in [-0.1, -0.05) is 15.9 Å². The van der Waals surface area contributed by atoms with Crippen LogP contribution in [-0.4, -0.2) is 29.4 Å². The summed E-state index contributed by atoms with van der Waals surface area (Å²) in [6, 6.07) is 5.50. The molecule has 6 nitrogen and oxygen atoms in total. The minimum atomic E-state index is -0.858. The number of benzene rings is 1. The molecule has 1 aliphatic carbocycles. The number of halogens is 1. The lowest BCUT2D eigenvalue weighted by atomic mass is 10.0. The summed E-state index contributed by atoms with van der Waals surface area (Å²) < 4.78 is 0.926. The van der Waals surface area contributed by atoms with Gasteiger partial charge in [0.1, 0.15) is 0 Å². The van der Waals surface area contributed by atoms with E-state index in [0.29, 0.717) is 24.9 Å². The Labute approximate surface area is 142 Å². The maximum absolute atomic E-state index is 12.0. The van der Waals surface area contributed by atoms with Gasteiger partial charge >= 0.3 is 5.97 Å². The second-order valence-corrected chi connectivity index (χ2v) is 6.69. The molecule has 2 amide bonds. The molecule has 23 heavy (non-hydrogen) atoms. The van der Waals surface area contributed by atoms with Gasteiger partial charge in [-0.3, -0.25) is 14.4 Å². The van der Waals surface area contributed by atoms with E-state index in [2.05, 4.69) is 26.6 Å². The van der Waals surface area contributed by atoms with Crippen LogP contribution < -0.4 is 10.6 Å². The zero-order valence-corrected chi connectivity index (χ0v) is 14.4. The van der Waals surface area contributed by atoms with E-state index in [1.807, 2.05) is 19.1 Å². The average Bonchev–Trinajstić information content (AvgIpc) is 2.98. The van der Waals surface area contributed by atoms with Gasteiger partial charge in [-0.2, -0.15) is 0 Å². The van der Waals surface area contributed by atoms with Crippen LogP contribution in [0.2, 0.25) is 0 Å². The molecule has 1 aliphatic rings.